The summed E-state index contributed by atoms with van der Waals surface area (Å²) in [4.78, 5) is 24.6. The van der Waals surface area contributed by atoms with Gasteiger partial charge < -0.3 is 4.74 Å². The van der Waals surface area contributed by atoms with Crippen LogP contribution in [0.5, 0.6) is 0 Å². The molecule has 0 aromatic carbocycles. The predicted octanol–water partition coefficient (Wildman–Crippen LogP) is 2.06. The molecule has 112 valence electrons. The molecule has 0 spiro atoms. The maximum absolute atomic E-state index is 12.0. The van der Waals surface area contributed by atoms with Gasteiger partial charge in [-0.1, -0.05) is 0 Å². The lowest BCUT2D eigenvalue weighted by Crippen LogP contribution is -2.14. The minimum Gasteiger partial charge on any atom is -0.458 e. The maximum atomic E-state index is 12.0. The van der Waals surface area contributed by atoms with Crippen LogP contribution in [-0.4, -0.2) is 36.6 Å². The minimum atomic E-state index is -0.464. The SMILES string of the molecule is Cc1cc(C(=O)OC(C)C)nc2nc(-c3ccncc3)nn12. The lowest BCUT2D eigenvalue weighted by molar-refractivity contribution is 0.0371. The van der Waals surface area contributed by atoms with Crippen LogP contribution < -0.4 is 0 Å². The Balaban J connectivity index is 2.05. The van der Waals surface area contributed by atoms with Gasteiger partial charge >= 0.3 is 5.97 Å². The van der Waals surface area contributed by atoms with Crippen molar-refractivity contribution in [3.63, 3.8) is 0 Å². The van der Waals surface area contributed by atoms with Crippen LogP contribution in [0.1, 0.15) is 30.0 Å². The zero-order chi connectivity index (χ0) is 15.7. The number of aryl methyl sites for hydroxylation is 1. The van der Waals surface area contributed by atoms with E-state index in [1.54, 1.807) is 36.8 Å². The summed E-state index contributed by atoms with van der Waals surface area (Å²) in [6.45, 7) is 5.43. The number of hydrogen-bond donors (Lipinski definition) is 0. The number of carbonyl (C=O) groups excluding carboxylic acids is 1. The number of pyridine rings is 1. The predicted molar refractivity (Wildman–Crippen MR) is 79.3 cm³/mol. The number of carbonyl (C=O) groups is 1. The summed E-state index contributed by atoms with van der Waals surface area (Å²) >= 11 is 0. The van der Waals surface area contributed by atoms with Crippen molar-refractivity contribution in [2.45, 2.75) is 26.9 Å². The van der Waals surface area contributed by atoms with Gasteiger partial charge in [0.05, 0.1) is 6.10 Å². The highest BCUT2D eigenvalue weighted by Crippen LogP contribution is 2.16. The van der Waals surface area contributed by atoms with E-state index >= 15 is 0 Å². The van der Waals surface area contributed by atoms with Crippen LogP contribution in [0.3, 0.4) is 0 Å². The lowest BCUT2D eigenvalue weighted by atomic mass is 10.3. The van der Waals surface area contributed by atoms with Gasteiger partial charge in [-0.3, -0.25) is 4.98 Å². The Labute approximate surface area is 127 Å². The van der Waals surface area contributed by atoms with E-state index in [1.165, 1.54) is 0 Å². The smallest absolute Gasteiger partial charge is 0.357 e. The number of hydrogen-bond acceptors (Lipinski definition) is 6. The molecule has 7 heteroatoms. The molecule has 3 aromatic heterocycles. The van der Waals surface area contributed by atoms with Gasteiger partial charge in [-0.05, 0) is 39.0 Å². The highest BCUT2D eigenvalue weighted by atomic mass is 16.5. The van der Waals surface area contributed by atoms with E-state index in [-0.39, 0.29) is 11.8 Å². The van der Waals surface area contributed by atoms with Crippen molar-refractivity contribution in [1.29, 1.82) is 0 Å². The van der Waals surface area contributed by atoms with Crippen molar-refractivity contribution >= 4 is 11.7 Å². The molecule has 0 fully saturated rings. The number of esters is 1. The van der Waals surface area contributed by atoms with E-state index in [9.17, 15) is 4.79 Å². The molecule has 3 aromatic rings. The summed E-state index contributed by atoms with van der Waals surface area (Å²) < 4.78 is 6.76. The van der Waals surface area contributed by atoms with Gasteiger partial charge in [-0.2, -0.15) is 4.98 Å². The Morgan fingerprint density at radius 1 is 1.23 bits per heavy atom. The average Bonchev–Trinajstić information content (AvgIpc) is 2.92. The van der Waals surface area contributed by atoms with Gasteiger partial charge in [-0.25, -0.2) is 14.3 Å². The largest absolute Gasteiger partial charge is 0.458 e. The third-order valence-corrected chi connectivity index (χ3v) is 2.98. The molecule has 3 heterocycles. The number of nitrogens with zero attached hydrogens (tertiary/aromatic N) is 5. The van der Waals surface area contributed by atoms with Crippen LogP contribution in [0.4, 0.5) is 0 Å². The first-order valence-corrected chi connectivity index (χ1v) is 6.90. The average molecular weight is 297 g/mol. The molecule has 0 atom stereocenters. The zero-order valence-electron chi connectivity index (χ0n) is 12.5. The van der Waals surface area contributed by atoms with Crippen molar-refractivity contribution in [3.05, 3.63) is 42.0 Å². The zero-order valence-corrected chi connectivity index (χ0v) is 12.5. The fraction of sp³-hybridized carbons (Fsp3) is 0.267. The van der Waals surface area contributed by atoms with Gasteiger partial charge in [-0.15, -0.1) is 5.10 Å². The Hall–Kier alpha value is -2.83. The molecular formula is C15H15N5O2. The quantitative estimate of drug-likeness (QED) is 0.688. The van der Waals surface area contributed by atoms with Crippen LogP contribution in [0, 0.1) is 6.92 Å². The topological polar surface area (TPSA) is 82.3 Å². The number of aromatic nitrogens is 5. The Morgan fingerprint density at radius 3 is 2.64 bits per heavy atom. The van der Waals surface area contributed by atoms with Gasteiger partial charge in [0.2, 0.25) is 0 Å². The molecule has 0 N–H and O–H groups in total. The standard InChI is InChI=1S/C15H15N5O2/c1-9(2)22-14(21)12-8-10(3)20-15(17-12)18-13(19-20)11-4-6-16-7-5-11/h4-9H,1-3H3. The number of rotatable bonds is 3. The number of ether oxygens (including phenoxy) is 1. The second-order valence-corrected chi connectivity index (χ2v) is 5.12. The molecule has 0 saturated carbocycles. The fourth-order valence-corrected chi connectivity index (χ4v) is 2.01. The van der Waals surface area contributed by atoms with Crippen LogP contribution in [0.25, 0.3) is 17.2 Å². The normalized spacial score (nSPS) is 11.1. The molecule has 3 rings (SSSR count). The summed E-state index contributed by atoms with van der Waals surface area (Å²) in [5.41, 5.74) is 1.83. The van der Waals surface area contributed by atoms with Crippen molar-refractivity contribution in [2.24, 2.45) is 0 Å². The van der Waals surface area contributed by atoms with E-state index in [2.05, 4.69) is 20.1 Å². The minimum absolute atomic E-state index is 0.198. The molecule has 0 unspecified atom stereocenters. The summed E-state index contributed by atoms with van der Waals surface area (Å²) in [7, 11) is 0. The van der Waals surface area contributed by atoms with Gasteiger partial charge in [0.1, 0.15) is 0 Å². The first-order valence-electron chi connectivity index (χ1n) is 6.90. The molecule has 0 aliphatic carbocycles. The Bertz CT molecular complexity index is 827. The molecule has 0 saturated heterocycles. The summed E-state index contributed by atoms with van der Waals surface area (Å²) in [5, 5.41) is 4.41. The van der Waals surface area contributed by atoms with Crippen molar-refractivity contribution in [2.75, 3.05) is 0 Å². The van der Waals surface area contributed by atoms with Gasteiger partial charge in [0, 0.05) is 23.7 Å². The third-order valence-electron chi connectivity index (χ3n) is 2.98. The van der Waals surface area contributed by atoms with Crippen molar-refractivity contribution in [3.8, 4) is 11.4 Å². The van der Waals surface area contributed by atoms with Crippen LogP contribution >= 0.6 is 0 Å². The van der Waals surface area contributed by atoms with Crippen LogP contribution in [-0.2, 0) is 4.74 Å². The van der Waals surface area contributed by atoms with E-state index in [0.29, 0.717) is 11.6 Å². The maximum Gasteiger partial charge on any atom is 0.357 e. The Morgan fingerprint density at radius 2 is 1.95 bits per heavy atom. The lowest BCUT2D eigenvalue weighted by Gasteiger charge is -2.07. The third kappa shape index (κ3) is 2.65. The fourth-order valence-electron chi connectivity index (χ4n) is 2.01. The van der Waals surface area contributed by atoms with Crippen LogP contribution in [0.2, 0.25) is 0 Å². The molecule has 0 aliphatic rings. The molecule has 0 radical (unpaired) electrons. The van der Waals surface area contributed by atoms with E-state index < -0.39 is 5.97 Å². The highest BCUT2D eigenvalue weighted by molar-refractivity contribution is 5.88. The first-order chi connectivity index (χ1) is 10.5. The summed E-state index contributed by atoms with van der Waals surface area (Å²) in [6, 6.07) is 5.28. The number of fused-ring (bicyclic) bond motifs is 1. The highest BCUT2D eigenvalue weighted by Gasteiger charge is 2.16. The van der Waals surface area contributed by atoms with E-state index in [4.69, 9.17) is 4.74 Å². The van der Waals surface area contributed by atoms with Crippen molar-refractivity contribution in [1.82, 2.24) is 24.6 Å². The summed E-state index contributed by atoms with van der Waals surface area (Å²) in [6.07, 6.45) is 3.15. The van der Waals surface area contributed by atoms with E-state index in [1.807, 2.05) is 19.1 Å². The second-order valence-electron chi connectivity index (χ2n) is 5.12. The van der Waals surface area contributed by atoms with E-state index in [0.717, 1.165) is 11.3 Å². The summed E-state index contributed by atoms with van der Waals surface area (Å²) in [5.74, 6) is 0.434. The molecule has 0 amide bonds. The van der Waals surface area contributed by atoms with Crippen molar-refractivity contribution < 1.29 is 9.53 Å². The van der Waals surface area contributed by atoms with Gasteiger partial charge in [0.15, 0.2) is 11.5 Å². The molecule has 7 nitrogen and oxygen atoms in total. The van der Waals surface area contributed by atoms with Crippen LogP contribution in [0.15, 0.2) is 30.6 Å². The van der Waals surface area contributed by atoms with Gasteiger partial charge in [0.25, 0.3) is 5.78 Å². The second kappa shape index (κ2) is 5.51. The first kappa shape index (κ1) is 14.1. The Kier molecular flexibility index (Phi) is 3.54. The monoisotopic (exact) mass is 297 g/mol. The molecule has 0 bridgehead atoms. The molecular weight excluding hydrogens is 282 g/mol. The molecule has 0 aliphatic heterocycles. The molecule has 22 heavy (non-hydrogen) atoms.